The van der Waals surface area contributed by atoms with Crippen molar-refractivity contribution in [1.82, 2.24) is 24.6 Å². The van der Waals surface area contributed by atoms with Gasteiger partial charge in [-0.1, -0.05) is 18.1 Å². The molecule has 13 heteroatoms. The van der Waals surface area contributed by atoms with Crippen LogP contribution < -0.4 is 14.4 Å². The van der Waals surface area contributed by atoms with E-state index < -0.39 is 5.60 Å². The first-order valence-corrected chi connectivity index (χ1v) is 21.1. The van der Waals surface area contributed by atoms with Gasteiger partial charge in [-0.15, -0.1) is 6.42 Å². The average molecular weight is 819 g/mol. The van der Waals surface area contributed by atoms with Crippen molar-refractivity contribution < 1.29 is 32.9 Å². The number of anilines is 1. The fourth-order valence-electron chi connectivity index (χ4n) is 8.34. The van der Waals surface area contributed by atoms with Gasteiger partial charge in [0, 0.05) is 86.5 Å². The summed E-state index contributed by atoms with van der Waals surface area (Å²) in [5.74, 6) is 3.71. The lowest BCUT2D eigenvalue weighted by Crippen LogP contribution is -2.39. The summed E-state index contributed by atoms with van der Waals surface area (Å²) >= 11 is 0. The number of carbonyl (C=O) groups is 1. The molecule has 12 nitrogen and oxygen atoms in total. The Bertz CT molecular complexity index is 2410. The number of methoxy groups -OCH3 is 1. The Morgan fingerprint density at radius 3 is 2.53 bits per heavy atom. The van der Waals surface area contributed by atoms with Crippen LogP contribution in [-0.2, 0) is 20.8 Å². The van der Waals surface area contributed by atoms with E-state index in [1.807, 2.05) is 69.9 Å². The molecule has 3 fully saturated rings. The summed E-state index contributed by atoms with van der Waals surface area (Å²) in [5, 5.41) is 6.41. The van der Waals surface area contributed by atoms with Crippen LogP contribution in [-0.4, -0.2) is 89.5 Å². The first-order chi connectivity index (χ1) is 28.9. The molecule has 3 aromatic carbocycles. The number of terminal acetylenes is 1. The number of aromatic nitrogens is 4. The highest BCUT2D eigenvalue weighted by atomic mass is 19.1. The molecule has 5 aromatic rings. The number of likely N-dealkylation sites (N-methyl/N-ethyl adjacent to an activating group) is 1. The van der Waals surface area contributed by atoms with Gasteiger partial charge in [0.2, 0.25) is 0 Å². The molecule has 2 atom stereocenters. The molecule has 3 aliphatic rings. The van der Waals surface area contributed by atoms with Gasteiger partial charge in [-0.2, -0.15) is 15.1 Å². The molecular formula is C47H55FN6O6. The predicted molar refractivity (Wildman–Crippen MR) is 229 cm³/mol. The van der Waals surface area contributed by atoms with Gasteiger partial charge in [-0.05, 0) is 107 Å². The zero-order valence-electron chi connectivity index (χ0n) is 35.6. The number of hydrogen-bond donors (Lipinski definition) is 0. The lowest BCUT2D eigenvalue weighted by molar-refractivity contribution is -0.0366. The van der Waals surface area contributed by atoms with Crippen LogP contribution in [0.2, 0.25) is 0 Å². The monoisotopic (exact) mass is 818 g/mol. The Balaban J connectivity index is 1.33. The molecule has 2 aromatic heterocycles. The molecule has 2 aliphatic heterocycles. The fraction of sp³-hybridized carbons (Fsp3) is 0.489. The van der Waals surface area contributed by atoms with E-state index >= 15 is 4.39 Å². The Morgan fingerprint density at radius 2 is 1.83 bits per heavy atom. The highest BCUT2D eigenvalue weighted by Crippen LogP contribution is 2.53. The van der Waals surface area contributed by atoms with E-state index in [9.17, 15) is 4.79 Å². The summed E-state index contributed by atoms with van der Waals surface area (Å²) in [5.41, 5.74) is 5.29. The van der Waals surface area contributed by atoms with Gasteiger partial charge < -0.3 is 33.5 Å². The standard InChI is InChI=1S/C47H55FN6O6/c1-8-30-13-15-31(16-14-30)28-59-43-41(40-29(2)37(48)25-38-36(40)26-49-54(38)39-12-9-10-22-57-39)34(32-17-18-32)24-35-42(43)50-45(58-23-11-21-56-7)51-44(35)52(6)33-19-20-53(27-33)46(55)60-47(3,4)5/h1,13-16,24-26,32-33,39H,9-12,17-23,27-28H2,2-7H3/t33-,39?/m0/s1. The summed E-state index contributed by atoms with van der Waals surface area (Å²) in [6.45, 7) is 10.1. The van der Waals surface area contributed by atoms with E-state index in [2.05, 4.69) is 16.9 Å². The number of amides is 1. The SMILES string of the molecule is C#Cc1ccc(COc2c(-c3c(C)c(F)cc4c3cnn4C3CCCCO3)c(C3CC3)cc3c(N(C)[C@H]4CCN(C(=O)OC(C)(C)C)C4)nc(OCCCOC)nc23)cc1. The van der Waals surface area contributed by atoms with Crippen LogP contribution in [0.1, 0.15) is 100 Å². The van der Waals surface area contributed by atoms with E-state index in [0.717, 1.165) is 65.1 Å². The Hall–Kier alpha value is -5.45. The molecule has 4 heterocycles. The normalized spacial score (nSPS) is 18.2. The zero-order chi connectivity index (χ0) is 42.1. The lowest BCUT2D eigenvalue weighted by Gasteiger charge is -2.29. The van der Waals surface area contributed by atoms with Crippen molar-refractivity contribution in [2.45, 2.75) is 103 Å². The van der Waals surface area contributed by atoms with Crippen molar-refractivity contribution in [2.24, 2.45) is 0 Å². The summed E-state index contributed by atoms with van der Waals surface area (Å²) < 4.78 is 48.8. The largest absolute Gasteiger partial charge is 0.486 e. The summed E-state index contributed by atoms with van der Waals surface area (Å²) in [4.78, 5) is 27.2. The molecule has 316 valence electrons. The summed E-state index contributed by atoms with van der Waals surface area (Å²) in [7, 11) is 3.65. The molecule has 1 saturated carbocycles. The number of likely N-dealkylation sites (tertiary alicyclic amines) is 1. The van der Waals surface area contributed by atoms with Crippen molar-refractivity contribution in [2.75, 3.05) is 52.0 Å². The van der Waals surface area contributed by atoms with Gasteiger partial charge in [-0.3, -0.25) is 0 Å². The maximum Gasteiger partial charge on any atom is 0.410 e. The molecule has 0 N–H and O–H groups in total. The van der Waals surface area contributed by atoms with E-state index in [-0.39, 0.29) is 42.7 Å². The average Bonchev–Trinajstić information content (AvgIpc) is 3.81. The molecular weight excluding hydrogens is 764 g/mol. The Morgan fingerprint density at radius 1 is 1.03 bits per heavy atom. The number of halogens is 1. The van der Waals surface area contributed by atoms with Gasteiger partial charge in [0.1, 0.15) is 29.4 Å². The van der Waals surface area contributed by atoms with Crippen LogP contribution in [0.5, 0.6) is 11.8 Å². The molecule has 1 unspecified atom stereocenters. The molecule has 8 rings (SSSR count). The molecule has 60 heavy (non-hydrogen) atoms. The second-order valence-electron chi connectivity index (χ2n) is 17.2. The fourth-order valence-corrected chi connectivity index (χ4v) is 8.34. The number of rotatable bonds is 13. The van der Waals surface area contributed by atoms with Crippen LogP contribution >= 0.6 is 0 Å². The van der Waals surface area contributed by atoms with Crippen molar-refractivity contribution in [3.63, 3.8) is 0 Å². The van der Waals surface area contributed by atoms with Gasteiger partial charge >= 0.3 is 12.1 Å². The minimum Gasteiger partial charge on any atom is -0.486 e. The minimum atomic E-state index is -0.608. The first kappa shape index (κ1) is 41.3. The number of hydrogen-bond acceptors (Lipinski definition) is 10. The number of ether oxygens (including phenoxy) is 5. The van der Waals surface area contributed by atoms with Crippen LogP contribution in [0, 0.1) is 25.1 Å². The molecule has 0 spiro atoms. The van der Waals surface area contributed by atoms with E-state index in [1.165, 1.54) is 0 Å². The maximum atomic E-state index is 16.5. The van der Waals surface area contributed by atoms with Crippen LogP contribution in [0.4, 0.5) is 15.0 Å². The zero-order valence-corrected chi connectivity index (χ0v) is 35.6. The number of benzene rings is 3. The number of fused-ring (bicyclic) bond motifs is 2. The predicted octanol–water partition coefficient (Wildman–Crippen LogP) is 9.09. The molecule has 0 bridgehead atoms. The third-order valence-electron chi connectivity index (χ3n) is 11.7. The smallest absolute Gasteiger partial charge is 0.410 e. The van der Waals surface area contributed by atoms with Gasteiger partial charge in [0.05, 0.1) is 18.3 Å². The van der Waals surface area contributed by atoms with E-state index in [1.54, 1.807) is 18.1 Å². The van der Waals surface area contributed by atoms with Crippen molar-refractivity contribution in [1.29, 1.82) is 0 Å². The number of carbonyl (C=O) groups excluding carboxylic acids is 1. The maximum absolute atomic E-state index is 16.5. The Labute approximate surface area is 351 Å². The second kappa shape index (κ2) is 17.3. The van der Waals surface area contributed by atoms with Gasteiger partial charge in [0.25, 0.3) is 0 Å². The molecule has 2 saturated heterocycles. The van der Waals surface area contributed by atoms with Crippen molar-refractivity contribution in [3.05, 3.63) is 70.7 Å². The first-order valence-electron chi connectivity index (χ1n) is 21.1. The lowest BCUT2D eigenvalue weighted by atomic mass is 9.88. The molecule has 1 aliphatic carbocycles. The second-order valence-corrected chi connectivity index (χ2v) is 17.2. The minimum absolute atomic E-state index is 0.0713. The van der Waals surface area contributed by atoms with E-state index in [0.29, 0.717) is 79.5 Å². The molecule has 0 radical (unpaired) electrons. The highest BCUT2D eigenvalue weighted by Gasteiger charge is 2.37. The van der Waals surface area contributed by atoms with Crippen LogP contribution in [0.15, 0.2) is 42.6 Å². The molecule has 1 amide bonds. The van der Waals surface area contributed by atoms with Crippen molar-refractivity contribution >= 4 is 33.7 Å². The van der Waals surface area contributed by atoms with Crippen LogP contribution in [0.3, 0.4) is 0 Å². The third kappa shape index (κ3) is 8.58. The third-order valence-corrected chi connectivity index (χ3v) is 11.7. The summed E-state index contributed by atoms with van der Waals surface area (Å²) in [6.07, 6.45) is 13.0. The Kier molecular flexibility index (Phi) is 11.9. The summed E-state index contributed by atoms with van der Waals surface area (Å²) in [6, 6.07) is 11.6. The van der Waals surface area contributed by atoms with Crippen LogP contribution in [0.25, 0.3) is 32.9 Å². The number of nitrogens with zero attached hydrogens (tertiary/aromatic N) is 6. The van der Waals surface area contributed by atoms with Gasteiger partial charge in [0.15, 0.2) is 12.0 Å². The topological polar surface area (TPSA) is 113 Å². The van der Waals surface area contributed by atoms with E-state index in [4.69, 9.17) is 45.2 Å². The highest BCUT2D eigenvalue weighted by molar-refractivity contribution is 6.06. The van der Waals surface area contributed by atoms with Gasteiger partial charge in [-0.25, -0.2) is 13.9 Å². The quantitative estimate of drug-likeness (QED) is 0.0843. The van der Waals surface area contributed by atoms with Crippen molar-refractivity contribution in [3.8, 4) is 35.2 Å².